The summed E-state index contributed by atoms with van der Waals surface area (Å²) >= 11 is 12.2. The Labute approximate surface area is 108 Å². The molecule has 17 heavy (non-hydrogen) atoms. The molecule has 1 aliphatic heterocycles. The van der Waals surface area contributed by atoms with Crippen LogP contribution in [0, 0.1) is 5.92 Å². The second kappa shape index (κ2) is 3.90. The lowest BCUT2D eigenvalue weighted by Crippen LogP contribution is -2.29. The molecule has 0 bridgehead atoms. The molecule has 0 spiro atoms. The number of allylic oxidation sites excluding steroid dienone is 4. The normalized spacial score (nSPS) is 26.4. The minimum Gasteiger partial charge on any atom is -0.460 e. The first-order valence-corrected chi connectivity index (χ1v) is 6.02. The molecule has 1 aromatic rings. The molecule has 0 saturated heterocycles. The fraction of sp³-hybridized carbons (Fsp3) is 0.154. The first-order valence-electron chi connectivity index (χ1n) is 5.20. The zero-order chi connectivity index (χ0) is 12.0. The molecule has 0 N–H and O–H groups in total. The molecule has 1 heterocycles. The Morgan fingerprint density at radius 1 is 1.18 bits per heavy atom. The fourth-order valence-corrected chi connectivity index (χ4v) is 2.77. The minimum atomic E-state index is -0.464. The molecule has 0 aromatic heterocycles. The summed E-state index contributed by atoms with van der Waals surface area (Å²) in [6, 6.07) is 7.45. The summed E-state index contributed by atoms with van der Waals surface area (Å²) in [5, 5.41) is -0.0239. The first kappa shape index (κ1) is 10.9. The van der Waals surface area contributed by atoms with Gasteiger partial charge in [0.15, 0.2) is 5.78 Å². The van der Waals surface area contributed by atoms with Gasteiger partial charge in [0.25, 0.3) is 0 Å². The van der Waals surface area contributed by atoms with Crippen molar-refractivity contribution in [2.45, 2.75) is 5.38 Å². The van der Waals surface area contributed by atoms with Gasteiger partial charge in [-0.2, -0.15) is 0 Å². The van der Waals surface area contributed by atoms with Gasteiger partial charge < -0.3 is 4.74 Å². The number of carbonyl (C=O) groups excluding carboxylic acids is 1. The van der Waals surface area contributed by atoms with Gasteiger partial charge in [0, 0.05) is 16.7 Å². The first-order chi connectivity index (χ1) is 8.16. The molecular weight excluding hydrogens is 259 g/mol. The maximum atomic E-state index is 11.9. The fourth-order valence-electron chi connectivity index (χ4n) is 2.12. The highest BCUT2D eigenvalue weighted by Gasteiger charge is 2.39. The van der Waals surface area contributed by atoms with Gasteiger partial charge in [-0.05, 0) is 12.1 Å². The Morgan fingerprint density at radius 2 is 1.94 bits per heavy atom. The van der Waals surface area contributed by atoms with Gasteiger partial charge in [0.1, 0.15) is 17.4 Å². The number of alkyl halides is 1. The van der Waals surface area contributed by atoms with E-state index < -0.39 is 11.3 Å². The molecule has 0 amide bonds. The zero-order valence-electron chi connectivity index (χ0n) is 8.69. The van der Waals surface area contributed by atoms with E-state index in [1.54, 1.807) is 6.08 Å². The van der Waals surface area contributed by atoms with Crippen molar-refractivity contribution < 1.29 is 9.53 Å². The topological polar surface area (TPSA) is 26.3 Å². The van der Waals surface area contributed by atoms with E-state index in [2.05, 4.69) is 0 Å². The second-order valence-corrected chi connectivity index (χ2v) is 4.90. The van der Waals surface area contributed by atoms with Crippen molar-refractivity contribution in [3.8, 4) is 5.75 Å². The van der Waals surface area contributed by atoms with Gasteiger partial charge in [-0.1, -0.05) is 29.8 Å². The number of ether oxygens (including phenoxy) is 1. The summed E-state index contributed by atoms with van der Waals surface area (Å²) in [4.78, 5) is 11.9. The molecule has 4 heteroatoms. The van der Waals surface area contributed by atoms with E-state index in [0.29, 0.717) is 16.5 Å². The molecule has 0 saturated carbocycles. The van der Waals surface area contributed by atoms with Crippen LogP contribution in [0.4, 0.5) is 0 Å². The summed E-state index contributed by atoms with van der Waals surface area (Å²) in [5.74, 6) is 0.645. The van der Waals surface area contributed by atoms with Crippen LogP contribution in [-0.2, 0) is 4.79 Å². The van der Waals surface area contributed by atoms with Gasteiger partial charge in [0.2, 0.25) is 0 Å². The van der Waals surface area contributed by atoms with E-state index >= 15 is 0 Å². The maximum absolute atomic E-state index is 11.9. The Balaban J connectivity index is 2.13. The number of benzene rings is 1. The highest BCUT2D eigenvalue weighted by Crippen LogP contribution is 2.46. The van der Waals surface area contributed by atoms with Crippen LogP contribution in [0.5, 0.6) is 5.75 Å². The number of ketones is 1. The standard InChI is InChI=1S/C13H8Cl2O2/c14-7-5-9(16)12-11(6-7)17-10-4-2-1-3-8(10)13(12)15/h1-6,12-13H. The average Bonchev–Trinajstić information content (AvgIpc) is 2.28. The Hall–Kier alpha value is -1.25. The number of fused-ring (bicyclic) bond motifs is 2. The van der Waals surface area contributed by atoms with E-state index in [1.807, 2.05) is 24.3 Å². The molecule has 0 fully saturated rings. The summed E-state index contributed by atoms with van der Waals surface area (Å²) in [7, 11) is 0. The Morgan fingerprint density at radius 3 is 2.76 bits per heavy atom. The molecule has 1 aliphatic carbocycles. The summed E-state index contributed by atoms with van der Waals surface area (Å²) in [5.41, 5.74) is 0.844. The summed E-state index contributed by atoms with van der Waals surface area (Å²) in [6.45, 7) is 0. The van der Waals surface area contributed by atoms with Crippen LogP contribution in [0.2, 0.25) is 0 Å². The minimum absolute atomic E-state index is 0.109. The van der Waals surface area contributed by atoms with Crippen molar-refractivity contribution in [1.29, 1.82) is 0 Å². The van der Waals surface area contributed by atoms with Gasteiger partial charge in [0.05, 0.1) is 5.38 Å². The highest BCUT2D eigenvalue weighted by atomic mass is 35.5. The lowest BCUT2D eigenvalue weighted by molar-refractivity contribution is -0.118. The lowest BCUT2D eigenvalue weighted by Gasteiger charge is -2.31. The van der Waals surface area contributed by atoms with E-state index in [4.69, 9.17) is 27.9 Å². The molecule has 2 aliphatic rings. The predicted molar refractivity (Wildman–Crippen MR) is 66.2 cm³/mol. The van der Waals surface area contributed by atoms with Crippen molar-refractivity contribution in [3.05, 3.63) is 52.8 Å². The smallest absolute Gasteiger partial charge is 0.169 e. The van der Waals surface area contributed by atoms with Gasteiger partial charge in [-0.15, -0.1) is 11.6 Å². The van der Waals surface area contributed by atoms with Crippen molar-refractivity contribution in [1.82, 2.24) is 0 Å². The Bertz CT molecular complexity index is 560. The monoisotopic (exact) mass is 266 g/mol. The third kappa shape index (κ3) is 1.68. The lowest BCUT2D eigenvalue weighted by atomic mass is 9.87. The van der Waals surface area contributed by atoms with E-state index in [9.17, 15) is 4.79 Å². The molecule has 1 aromatic carbocycles. The molecule has 2 nitrogen and oxygen atoms in total. The van der Waals surface area contributed by atoms with Crippen LogP contribution < -0.4 is 4.74 Å². The van der Waals surface area contributed by atoms with Gasteiger partial charge >= 0.3 is 0 Å². The SMILES string of the molecule is O=C1C=C(Cl)C=C2Oc3ccccc3C(Cl)C12. The van der Waals surface area contributed by atoms with Crippen LogP contribution >= 0.6 is 23.2 Å². The molecule has 2 unspecified atom stereocenters. The van der Waals surface area contributed by atoms with Crippen molar-refractivity contribution in [3.63, 3.8) is 0 Å². The van der Waals surface area contributed by atoms with Crippen molar-refractivity contribution >= 4 is 29.0 Å². The van der Waals surface area contributed by atoms with E-state index in [-0.39, 0.29) is 5.78 Å². The third-order valence-corrected chi connectivity index (χ3v) is 3.62. The molecular formula is C13H8Cl2O2. The highest BCUT2D eigenvalue weighted by molar-refractivity contribution is 6.34. The number of carbonyl (C=O) groups is 1. The summed E-state index contributed by atoms with van der Waals surface area (Å²) in [6.07, 6.45) is 3.04. The number of halogens is 2. The average molecular weight is 267 g/mol. The maximum Gasteiger partial charge on any atom is 0.169 e. The van der Waals surface area contributed by atoms with Crippen LogP contribution in [-0.4, -0.2) is 5.78 Å². The van der Waals surface area contributed by atoms with Crippen molar-refractivity contribution in [2.24, 2.45) is 5.92 Å². The van der Waals surface area contributed by atoms with Crippen LogP contribution in [0.1, 0.15) is 10.9 Å². The van der Waals surface area contributed by atoms with Crippen LogP contribution in [0.3, 0.4) is 0 Å². The Kier molecular flexibility index (Phi) is 2.49. The van der Waals surface area contributed by atoms with E-state index in [1.165, 1.54) is 6.08 Å². The number of hydrogen-bond donors (Lipinski definition) is 0. The number of para-hydroxylation sites is 1. The third-order valence-electron chi connectivity index (χ3n) is 2.91. The van der Waals surface area contributed by atoms with Crippen LogP contribution in [0.25, 0.3) is 0 Å². The molecule has 2 atom stereocenters. The van der Waals surface area contributed by atoms with Crippen molar-refractivity contribution in [2.75, 3.05) is 0 Å². The number of rotatable bonds is 0. The van der Waals surface area contributed by atoms with Crippen LogP contribution in [0.15, 0.2) is 47.2 Å². The second-order valence-electron chi connectivity index (χ2n) is 4.00. The molecule has 0 radical (unpaired) electrons. The molecule has 86 valence electrons. The predicted octanol–water partition coefficient (Wildman–Crippen LogP) is 3.56. The zero-order valence-corrected chi connectivity index (χ0v) is 10.2. The quantitative estimate of drug-likeness (QED) is 0.672. The molecule has 3 rings (SSSR count). The largest absolute Gasteiger partial charge is 0.460 e. The summed E-state index contributed by atoms with van der Waals surface area (Å²) < 4.78 is 5.68. The van der Waals surface area contributed by atoms with E-state index in [0.717, 1.165) is 5.56 Å². The number of hydrogen-bond acceptors (Lipinski definition) is 2. The van der Waals surface area contributed by atoms with Gasteiger partial charge in [-0.25, -0.2) is 0 Å². The van der Waals surface area contributed by atoms with Gasteiger partial charge in [-0.3, -0.25) is 4.79 Å².